The average Bonchev–Trinajstić information content (AvgIpc) is 3.01. The van der Waals surface area contributed by atoms with Crippen molar-refractivity contribution in [2.24, 2.45) is 0 Å². The van der Waals surface area contributed by atoms with Gasteiger partial charge in [-0.25, -0.2) is 4.39 Å². The molecule has 0 saturated carbocycles. The van der Waals surface area contributed by atoms with Crippen molar-refractivity contribution in [3.63, 3.8) is 0 Å². The van der Waals surface area contributed by atoms with Crippen LogP contribution in [0.15, 0.2) is 48.7 Å². The molecule has 3 aromatic rings. The maximum absolute atomic E-state index is 13.5. The molecule has 0 unspecified atom stereocenters. The first-order valence-electron chi connectivity index (χ1n) is 8.22. The fourth-order valence-corrected chi connectivity index (χ4v) is 2.85. The van der Waals surface area contributed by atoms with Gasteiger partial charge < -0.3 is 10.1 Å². The highest BCUT2D eigenvalue weighted by Gasteiger charge is 2.17. The molecule has 0 fully saturated rings. The molecule has 26 heavy (non-hydrogen) atoms. The summed E-state index contributed by atoms with van der Waals surface area (Å²) in [6, 6.07) is 11.7. The molecule has 1 aromatic heterocycles. The number of amides is 1. The highest BCUT2D eigenvalue weighted by atomic mass is 19.1. The molecule has 1 amide bonds. The van der Waals surface area contributed by atoms with E-state index < -0.39 is 5.82 Å². The summed E-state index contributed by atoms with van der Waals surface area (Å²) in [7, 11) is 1.61. The van der Waals surface area contributed by atoms with Crippen molar-refractivity contribution in [1.82, 2.24) is 9.88 Å². The lowest BCUT2D eigenvalue weighted by molar-refractivity contribution is 0.0941. The maximum atomic E-state index is 13.5. The van der Waals surface area contributed by atoms with E-state index in [-0.39, 0.29) is 11.8 Å². The Morgan fingerprint density at radius 3 is 2.54 bits per heavy atom. The van der Waals surface area contributed by atoms with Gasteiger partial charge in [0.2, 0.25) is 5.91 Å². The second-order valence-electron chi connectivity index (χ2n) is 5.95. The standard InChI is InChI=1S/C20H19FN2O3/c1-13(24)23-12-18(17-8-5-15(21)11-19(17)23)20(25)22-10-9-14-3-6-16(26-2)7-4-14/h3-8,11-12H,9-10H2,1-2H3,(H,22,25). The number of carbonyl (C=O) groups excluding carboxylic acids is 2. The van der Waals surface area contributed by atoms with Crippen molar-refractivity contribution >= 4 is 22.7 Å². The van der Waals surface area contributed by atoms with Crippen molar-refractivity contribution < 1.29 is 18.7 Å². The van der Waals surface area contributed by atoms with Crippen LogP contribution in [0.5, 0.6) is 5.75 Å². The van der Waals surface area contributed by atoms with Gasteiger partial charge in [0.15, 0.2) is 0 Å². The van der Waals surface area contributed by atoms with Gasteiger partial charge in [-0.2, -0.15) is 0 Å². The third kappa shape index (κ3) is 3.59. The predicted octanol–water partition coefficient (Wildman–Crippen LogP) is 3.42. The summed E-state index contributed by atoms with van der Waals surface area (Å²) in [4.78, 5) is 24.3. The highest BCUT2D eigenvalue weighted by molar-refractivity contribution is 6.09. The molecule has 0 spiro atoms. The van der Waals surface area contributed by atoms with Gasteiger partial charge in [0.1, 0.15) is 11.6 Å². The smallest absolute Gasteiger partial charge is 0.253 e. The van der Waals surface area contributed by atoms with E-state index in [0.29, 0.717) is 29.4 Å². The molecule has 1 heterocycles. The maximum Gasteiger partial charge on any atom is 0.253 e. The van der Waals surface area contributed by atoms with E-state index in [0.717, 1.165) is 11.3 Å². The number of hydrogen-bond acceptors (Lipinski definition) is 3. The summed E-state index contributed by atoms with van der Waals surface area (Å²) in [6.45, 7) is 1.81. The molecule has 3 rings (SSSR count). The molecule has 0 aliphatic rings. The lowest BCUT2D eigenvalue weighted by Gasteiger charge is -2.06. The van der Waals surface area contributed by atoms with Crippen LogP contribution < -0.4 is 10.1 Å². The van der Waals surface area contributed by atoms with Gasteiger partial charge in [-0.05, 0) is 42.3 Å². The lowest BCUT2D eigenvalue weighted by atomic mass is 10.1. The predicted molar refractivity (Wildman–Crippen MR) is 97.2 cm³/mol. The van der Waals surface area contributed by atoms with Crippen LogP contribution in [0, 0.1) is 5.82 Å². The zero-order valence-electron chi connectivity index (χ0n) is 14.6. The van der Waals surface area contributed by atoms with Gasteiger partial charge >= 0.3 is 0 Å². The molecule has 0 atom stereocenters. The van der Waals surface area contributed by atoms with E-state index in [1.165, 1.54) is 35.9 Å². The summed E-state index contributed by atoms with van der Waals surface area (Å²) >= 11 is 0. The van der Waals surface area contributed by atoms with Crippen molar-refractivity contribution in [1.29, 1.82) is 0 Å². The molecule has 0 bridgehead atoms. The van der Waals surface area contributed by atoms with Gasteiger partial charge in [-0.3, -0.25) is 14.2 Å². The summed E-state index contributed by atoms with van der Waals surface area (Å²) < 4.78 is 19.9. The number of rotatable bonds is 5. The SMILES string of the molecule is COc1ccc(CCNC(=O)c2cn(C(C)=O)c3cc(F)ccc23)cc1. The number of fused-ring (bicyclic) bond motifs is 1. The zero-order chi connectivity index (χ0) is 18.7. The van der Waals surface area contributed by atoms with Crippen molar-refractivity contribution in [3.05, 3.63) is 65.6 Å². The second-order valence-corrected chi connectivity index (χ2v) is 5.95. The van der Waals surface area contributed by atoms with Crippen molar-refractivity contribution in [2.45, 2.75) is 13.3 Å². The Bertz CT molecular complexity index is 961. The van der Waals surface area contributed by atoms with Crippen molar-refractivity contribution in [2.75, 3.05) is 13.7 Å². The van der Waals surface area contributed by atoms with E-state index in [1.807, 2.05) is 24.3 Å². The third-order valence-corrected chi connectivity index (χ3v) is 4.21. The number of halogens is 1. The molecule has 134 valence electrons. The summed E-state index contributed by atoms with van der Waals surface area (Å²) in [5.74, 6) is -0.250. The van der Waals surface area contributed by atoms with Crippen LogP contribution in [-0.2, 0) is 6.42 Å². The largest absolute Gasteiger partial charge is 0.497 e. The zero-order valence-corrected chi connectivity index (χ0v) is 14.6. The monoisotopic (exact) mass is 354 g/mol. The normalized spacial score (nSPS) is 10.7. The third-order valence-electron chi connectivity index (χ3n) is 4.21. The fraction of sp³-hybridized carbons (Fsp3) is 0.200. The van der Waals surface area contributed by atoms with Crippen LogP contribution in [0.25, 0.3) is 10.9 Å². The summed E-state index contributed by atoms with van der Waals surface area (Å²) in [6.07, 6.45) is 2.12. The molecule has 0 aliphatic heterocycles. The Morgan fingerprint density at radius 1 is 1.15 bits per heavy atom. The van der Waals surface area contributed by atoms with Crippen LogP contribution in [0.2, 0.25) is 0 Å². The number of hydrogen-bond donors (Lipinski definition) is 1. The Labute approximate surface area is 150 Å². The van der Waals surface area contributed by atoms with Gasteiger partial charge in [0.25, 0.3) is 5.91 Å². The first kappa shape index (κ1) is 17.7. The number of methoxy groups -OCH3 is 1. The Hall–Kier alpha value is -3.15. The first-order valence-corrected chi connectivity index (χ1v) is 8.22. The van der Waals surface area contributed by atoms with Crippen LogP contribution in [0.1, 0.15) is 27.6 Å². The van der Waals surface area contributed by atoms with Gasteiger partial charge in [0, 0.05) is 25.1 Å². The molecule has 0 radical (unpaired) electrons. The highest BCUT2D eigenvalue weighted by Crippen LogP contribution is 2.22. The molecule has 0 aliphatic carbocycles. The molecular weight excluding hydrogens is 335 g/mol. The summed E-state index contributed by atoms with van der Waals surface area (Å²) in [5.41, 5.74) is 1.81. The van der Waals surface area contributed by atoms with E-state index >= 15 is 0 Å². The number of nitrogens with one attached hydrogen (secondary N) is 1. The Kier molecular flexibility index (Phi) is 5.02. The number of benzene rings is 2. The van der Waals surface area contributed by atoms with Crippen LogP contribution >= 0.6 is 0 Å². The average molecular weight is 354 g/mol. The Morgan fingerprint density at radius 2 is 1.88 bits per heavy atom. The molecule has 0 saturated heterocycles. The van der Waals surface area contributed by atoms with E-state index in [2.05, 4.69) is 5.32 Å². The van der Waals surface area contributed by atoms with E-state index in [9.17, 15) is 14.0 Å². The lowest BCUT2D eigenvalue weighted by Crippen LogP contribution is -2.25. The van der Waals surface area contributed by atoms with Crippen molar-refractivity contribution in [3.8, 4) is 5.75 Å². The molecule has 5 nitrogen and oxygen atoms in total. The fourth-order valence-electron chi connectivity index (χ4n) is 2.85. The van der Waals surface area contributed by atoms with Gasteiger partial charge in [0.05, 0.1) is 18.2 Å². The summed E-state index contributed by atoms with van der Waals surface area (Å²) in [5, 5.41) is 3.39. The Balaban J connectivity index is 1.74. The number of ether oxygens (including phenoxy) is 1. The van der Waals surface area contributed by atoms with Crippen LogP contribution in [-0.4, -0.2) is 30.0 Å². The molecule has 6 heteroatoms. The van der Waals surface area contributed by atoms with Gasteiger partial charge in [-0.1, -0.05) is 12.1 Å². The minimum absolute atomic E-state index is 0.280. The quantitative estimate of drug-likeness (QED) is 0.764. The number of aromatic nitrogens is 1. The second kappa shape index (κ2) is 7.39. The molecule has 2 aromatic carbocycles. The van der Waals surface area contributed by atoms with Crippen LogP contribution in [0.3, 0.4) is 0 Å². The first-order chi connectivity index (χ1) is 12.5. The minimum atomic E-state index is -0.454. The van der Waals surface area contributed by atoms with Gasteiger partial charge in [-0.15, -0.1) is 0 Å². The molecule has 1 N–H and O–H groups in total. The number of nitrogens with zero attached hydrogens (tertiary/aromatic N) is 1. The topological polar surface area (TPSA) is 60.3 Å². The number of carbonyl (C=O) groups is 2. The van der Waals surface area contributed by atoms with E-state index in [1.54, 1.807) is 7.11 Å². The molecular formula is C20H19FN2O3. The van der Waals surface area contributed by atoms with Crippen LogP contribution in [0.4, 0.5) is 4.39 Å². The van der Waals surface area contributed by atoms with E-state index in [4.69, 9.17) is 4.74 Å². The minimum Gasteiger partial charge on any atom is -0.497 e.